The van der Waals surface area contributed by atoms with Gasteiger partial charge in [0.25, 0.3) is 0 Å². The third-order valence-electron chi connectivity index (χ3n) is 3.46. The quantitative estimate of drug-likeness (QED) is 0.791. The predicted octanol–water partition coefficient (Wildman–Crippen LogP) is 3.81. The van der Waals surface area contributed by atoms with Gasteiger partial charge in [0.2, 0.25) is 5.78 Å². The standard InChI is InChI=1S/C16H16O2S/c1-11-5-8-16(19-11)15(17)10-18-14-7-6-12-3-2-4-13(12)9-14/h5-9H,2-4,10H2,1H3. The maximum atomic E-state index is 12.0. The summed E-state index contributed by atoms with van der Waals surface area (Å²) in [4.78, 5) is 13.9. The van der Waals surface area contributed by atoms with Gasteiger partial charge in [-0.2, -0.15) is 0 Å². The van der Waals surface area contributed by atoms with Crippen molar-refractivity contribution in [2.24, 2.45) is 0 Å². The third-order valence-corrected chi connectivity index (χ3v) is 4.50. The number of hydrogen-bond donors (Lipinski definition) is 0. The Balaban J connectivity index is 1.64. The molecule has 0 N–H and O–H groups in total. The van der Waals surface area contributed by atoms with Crippen molar-refractivity contribution in [1.82, 2.24) is 0 Å². The molecule has 3 heteroatoms. The van der Waals surface area contributed by atoms with Gasteiger partial charge in [0, 0.05) is 4.88 Å². The molecule has 0 spiro atoms. The maximum absolute atomic E-state index is 12.0. The van der Waals surface area contributed by atoms with Gasteiger partial charge in [-0.1, -0.05) is 6.07 Å². The largest absolute Gasteiger partial charge is 0.485 e. The SMILES string of the molecule is Cc1ccc(C(=O)COc2ccc3c(c2)CCC3)s1. The molecule has 1 aliphatic rings. The minimum absolute atomic E-state index is 0.0543. The molecule has 2 nitrogen and oxygen atoms in total. The van der Waals surface area contributed by atoms with Gasteiger partial charge < -0.3 is 4.74 Å². The fourth-order valence-electron chi connectivity index (χ4n) is 2.44. The lowest BCUT2D eigenvalue weighted by atomic mass is 10.1. The van der Waals surface area contributed by atoms with E-state index in [2.05, 4.69) is 12.1 Å². The third kappa shape index (κ3) is 2.71. The van der Waals surface area contributed by atoms with Gasteiger partial charge in [0.15, 0.2) is 6.61 Å². The summed E-state index contributed by atoms with van der Waals surface area (Å²) >= 11 is 1.52. The Morgan fingerprint density at radius 2 is 2.05 bits per heavy atom. The van der Waals surface area contributed by atoms with Gasteiger partial charge in [-0.25, -0.2) is 0 Å². The van der Waals surface area contributed by atoms with E-state index in [0.29, 0.717) is 0 Å². The number of carbonyl (C=O) groups is 1. The second kappa shape index (κ2) is 5.17. The lowest BCUT2D eigenvalue weighted by molar-refractivity contribution is 0.0925. The molecule has 0 saturated heterocycles. The van der Waals surface area contributed by atoms with Gasteiger partial charge in [-0.15, -0.1) is 11.3 Å². The molecule has 3 rings (SSSR count). The Morgan fingerprint density at radius 3 is 2.84 bits per heavy atom. The molecular formula is C16H16O2S. The minimum Gasteiger partial charge on any atom is -0.485 e. The van der Waals surface area contributed by atoms with Gasteiger partial charge >= 0.3 is 0 Å². The van der Waals surface area contributed by atoms with Crippen LogP contribution in [0.2, 0.25) is 0 Å². The van der Waals surface area contributed by atoms with Crippen LogP contribution in [0.25, 0.3) is 0 Å². The molecule has 0 amide bonds. The van der Waals surface area contributed by atoms with Gasteiger partial charge in [-0.05, 0) is 61.6 Å². The lowest BCUT2D eigenvalue weighted by Crippen LogP contribution is -2.10. The zero-order valence-electron chi connectivity index (χ0n) is 10.9. The second-order valence-electron chi connectivity index (χ2n) is 4.91. The van der Waals surface area contributed by atoms with Crippen molar-refractivity contribution in [3.8, 4) is 5.75 Å². The average Bonchev–Trinajstić information content (AvgIpc) is 3.03. The highest BCUT2D eigenvalue weighted by Crippen LogP contribution is 2.26. The van der Waals surface area contributed by atoms with Crippen LogP contribution in [0.1, 0.15) is 32.1 Å². The van der Waals surface area contributed by atoms with Crippen LogP contribution in [0.4, 0.5) is 0 Å². The molecule has 0 unspecified atom stereocenters. The predicted molar refractivity (Wildman–Crippen MR) is 77.3 cm³/mol. The molecule has 0 atom stereocenters. The molecule has 1 heterocycles. The molecule has 0 saturated carbocycles. The number of carbonyl (C=O) groups excluding carboxylic acids is 1. The van der Waals surface area contributed by atoms with Crippen molar-refractivity contribution < 1.29 is 9.53 Å². The number of thiophene rings is 1. The van der Waals surface area contributed by atoms with E-state index in [4.69, 9.17) is 4.74 Å². The van der Waals surface area contributed by atoms with Gasteiger partial charge in [0.1, 0.15) is 5.75 Å². The molecule has 0 fully saturated rings. The van der Waals surface area contributed by atoms with Crippen LogP contribution in [-0.4, -0.2) is 12.4 Å². The topological polar surface area (TPSA) is 26.3 Å². The summed E-state index contributed by atoms with van der Waals surface area (Å²) in [5.41, 5.74) is 2.80. The lowest BCUT2D eigenvalue weighted by Gasteiger charge is -2.06. The van der Waals surface area contributed by atoms with Gasteiger partial charge in [-0.3, -0.25) is 4.79 Å². The van der Waals surface area contributed by atoms with E-state index >= 15 is 0 Å². The van der Waals surface area contributed by atoms with Crippen molar-refractivity contribution in [2.45, 2.75) is 26.2 Å². The monoisotopic (exact) mass is 272 g/mol. The van der Waals surface area contributed by atoms with E-state index in [1.807, 2.05) is 25.1 Å². The Morgan fingerprint density at radius 1 is 1.21 bits per heavy atom. The van der Waals surface area contributed by atoms with Crippen LogP contribution in [0.15, 0.2) is 30.3 Å². The summed E-state index contributed by atoms with van der Waals surface area (Å²) in [7, 11) is 0. The fourth-order valence-corrected chi connectivity index (χ4v) is 3.23. The molecule has 0 bridgehead atoms. The first-order valence-corrected chi connectivity index (χ1v) is 7.38. The zero-order chi connectivity index (χ0) is 13.2. The molecule has 2 aromatic rings. The minimum atomic E-state index is 0.0543. The highest BCUT2D eigenvalue weighted by atomic mass is 32.1. The van der Waals surface area contributed by atoms with Gasteiger partial charge in [0.05, 0.1) is 4.88 Å². The summed E-state index contributed by atoms with van der Waals surface area (Å²) in [5, 5.41) is 0. The Kier molecular flexibility index (Phi) is 3.38. The van der Waals surface area contributed by atoms with E-state index in [-0.39, 0.29) is 12.4 Å². The molecule has 0 radical (unpaired) electrons. The van der Waals surface area contributed by atoms with Crippen molar-refractivity contribution in [3.05, 3.63) is 51.2 Å². The molecule has 0 aliphatic heterocycles. The van der Waals surface area contributed by atoms with E-state index in [0.717, 1.165) is 21.9 Å². The second-order valence-corrected chi connectivity index (χ2v) is 6.19. The van der Waals surface area contributed by atoms with Crippen molar-refractivity contribution in [3.63, 3.8) is 0 Å². The number of fused-ring (bicyclic) bond motifs is 1. The van der Waals surface area contributed by atoms with Crippen LogP contribution in [0, 0.1) is 6.92 Å². The summed E-state index contributed by atoms with van der Waals surface area (Å²) < 4.78 is 5.61. The number of ether oxygens (including phenoxy) is 1. The van der Waals surface area contributed by atoms with E-state index in [1.54, 1.807) is 0 Å². The van der Waals surface area contributed by atoms with Crippen molar-refractivity contribution in [2.75, 3.05) is 6.61 Å². The molecule has 1 aromatic carbocycles. The van der Waals surface area contributed by atoms with Crippen molar-refractivity contribution >= 4 is 17.1 Å². The molecule has 1 aliphatic carbocycles. The maximum Gasteiger partial charge on any atom is 0.210 e. The van der Waals surface area contributed by atoms with Crippen LogP contribution in [-0.2, 0) is 12.8 Å². The van der Waals surface area contributed by atoms with E-state index in [9.17, 15) is 4.79 Å². The smallest absolute Gasteiger partial charge is 0.210 e. The van der Waals surface area contributed by atoms with Crippen LogP contribution < -0.4 is 4.74 Å². The van der Waals surface area contributed by atoms with Crippen molar-refractivity contribution in [1.29, 1.82) is 0 Å². The number of rotatable bonds is 4. The summed E-state index contributed by atoms with van der Waals surface area (Å²) in [6, 6.07) is 10.0. The number of ketones is 1. The first-order valence-electron chi connectivity index (χ1n) is 6.56. The average molecular weight is 272 g/mol. The Labute approximate surface area is 117 Å². The van der Waals surface area contributed by atoms with Crippen LogP contribution >= 0.6 is 11.3 Å². The van der Waals surface area contributed by atoms with E-state index < -0.39 is 0 Å². The fraction of sp³-hybridized carbons (Fsp3) is 0.312. The highest BCUT2D eigenvalue weighted by molar-refractivity contribution is 7.14. The summed E-state index contributed by atoms with van der Waals surface area (Å²) in [6.07, 6.45) is 3.53. The highest BCUT2D eigenvalue weighted by Gasteiger charge is 2.13. The summed E-state index contributed by atoms with van der Waals surface area (Å²) in [5.74, 6) is 0.862. The number of benzene rings is 1. The Bertz CT molecular complexity index is 613. The number of hydrogen-bond acceptors (Lipinski definition) is 3. The van der Waals surface area contributed by atoms with Crippen LogP contribution in [0.5, 0.6) is 5.75 Å². The first kappa shape index (κ1) is 12.4. The summed E-state index contributed by atoms with van der Waals surface area (Å²) in [6.45, 7) is 2.13. The molecular weight excluding hydrogens is 256 g/mol. The number of Topliss-reactive ketones (excluding diaryl/α,β-unsaturated/α-hetero) is 1. The first-order chi connectivity index (χ1) is 9.22. The number of aryl methyl sites for hydroxylation is 3. The molecule has 19 heavy (non-hydrogen) atoms. The van der Waals surface area contributed by atoms with Crippen LogP contribution in [0.3, 0.4) is 0 Å². The Hall–Kier alpha value is -1.61. The normalized spacial score (nSPS) is 13.3. The van der Waals surface area contributed by atoms with E-state index in [1.165, 1.54) is 35.3 Å². The zero-order valence-corrected chi connectivity index (χ0v) is 11.8. The molecule has 1 aromatic heterocycles. The molecule has 98 valence electrons.